The molecular weight excluding hydrogens is 851 g/mol. The fourth-order valence-corrected chi connectivity index (χ4v) is 9.77. The Kier molecular flexibility index (Phi) is 12.6. The molecule has 0 unspecified atom stereocenters. The van der Waals surface area contributed by atoms with Crippen LogP contribution in [-0.4, -0.2) is 19.6 Å². The smallest absolute Gasteiger partial charge is 0.149 e. The summed E-state index contributed by atoms with van der Waals surface area (Å²) in [4.78, 5) is 10.8. The summed E-state index contributed by atoms with van der Waals surface area (Å²) in [7, 11) is 0. The molecule has 2 aromatic heterocycles. The van der Waals surface area contributed by atoms with Crippen LogP contribution in [0.15, 0.2) is 164 Å². The Hall–Kier alpha value is -7.04. The number of hydrogen-bond acceptors (Lipinski definition) is 3. The highest BCUT2D eigenvalue weighted by atomic mass is 16.3. The van der Waals surface area contributed by atoms with E-state index in [1.54, 1.807) is 0 Å². The minimum atomic E-state index is -0.169. The van der Waals surface area contributed by atoms with Crippen molar-refractivity contribution >= 4 is 11.0 Å². The van der Waals surface area contributed by atoms with Gasteiger partial charge in [0.1, 0.15) is 11.6 Å². The second-order valence-electron chi connectivity index (χ2n) is 23.0. The summed E-state index contributed by atoms with van der Waals surface area (Å²) in [6.45, 7) is 29.2. The number of pyridine rings is 1. The molecule has 2 heterocycles. The molecule has 354 valence electrons. The molecule has 7 aromatic carbocycles. The predicted molar refractivity (Wildman–Crippen MR) is 297 cm³/mol. The van der Waals surface area contributed by atoms with E-state index in [9.17, 15) is 5.11 Å². The molecule has 0 bridgehead atoms. The lowest BCUT2D eigenvalue weighted by Gasteiger charge is -2.27. The van der Waals surface area contributed by atoms with Gasteiger partial charge in [-0.1, -0.05) is 199 Å². The average molecular weight is 920 g/mol. The largest absolute Gasteiger partial charge is 0.507 e. The van der Waals surface area contributed by atoms with Crippen LogP contribution in [0, 0.1) is 0 Å². The molecule has 1 N–H and O–H groups in total. The molecule has 0 aliphatic heterocycles. The zero-order valence-corrected chi connectivity index (χ0v) is 43.5. The molecule has 0 aliphatic carbocycles. The Morgan fingerprint density at radius 2 is 1.09 bits per heavy atom. The number of hydrogen-bond donors (Lipinski definition) is 1. The third-order valence-corrected chi connectivity index (χ3v) is 14.0. The first-order chi connectivity index (χ1) is 33.2. The molecule has 0 atom stereocenters. The van der Waals surface area contributed by atoms with Gasteiger partial charge in [0.15, 0.2) is 0 Å². The Morgan fingerprint density at radius 1 is 0.457 bits per heavy atom. The van der Waals surface area contributed by atoms with Gasteiger partial charge in [0.25, 0.3) is 0 Å². The van der Waals surface area contributed by atoms with E-state index < -0.39 is 0 Å². The SMILES string of the molecule is CC(C)c1cc(-c2nc3c(-c4cc(-c5cc(-c6ccc(C(C)(C)C)cc6)ccn5)cc(C(C)(C)C)c4)cccc3n2-c2cc(-c3ccccc3)c(C(C)(C)C)cc2-c2ccccc2)c(O)c(C(C)C)c1. The number of nitrogens with zero attached hydrogens (tertiary/aromatic N) is 3. The van der Waals surface area contributed by atoms with Gasteiger partial charge in [-0.05, 0) is 138 Å². The van der Waals surface area contributed by atoms with Crippen LogP contribution in [0.25, 0.3) is 83.9 Å². The lowest BCUT2D eigenvalue weighted by atomic mass is 9.79. The topological polar surface area (TPSA) is 50.9 Å². The molecule has 0 saturated carbocycles. The van der Waals surface area contributed by atoms with Crippen LogP contribution < -0.4 is 0 Å². The van der Waals surface area contributed by atoms with Crippen molar-refractivity contribution in [2.75, 3.05) is 0 Å². The fraction of sp³-hybridized carbons (Fsp3) is 0.273. The number of aromatic hydroxyl groups is 1. The Balaban J connectivity index is 1.36. The van der Waals surface area contributed by atoms with Crippen LogP contribution in [0.4, 0.5) is 0 Å². The number of rotatable bonds is 9. The summed E-state index contributed by atoms with van der Waals surface area (Å²) in [6.07, 6.45) is 1.93. The second-order valence-corrected chi connectivity index (χ2v) is 23.0. The Morgan fingerprint density at radius 3 is 1.69 bits per heavy atom. The number of phenols is 1. The van der Waals surface area contributed by atoms with Gasteiger partial charge >= 0.3 is 0 Å². The van der Waals surface area contributed by atoms with Gasteiger partial charge in [-0.15, -0.1) is 0 Å². The normalized spacial score (nSPS) is 12.4. The van der Waals surface area contributed by atoms with E-state index in [-0.39, 0.29) is 33.8 Å². The summed E-state index contributed by atoms with van der Waals surface area (Å²) < 4.78 is 2.33. The summed E-state index contributed by atoms with van der Waals surface area (Å²) in [5.41, 5.74) is 20.0. The molecule has 9 rings (SSSR count). The molecule has 4 heteroatoms. The van der Waals surface area contributed by atoms with Gasteiger partial charge < -0.3 is 5.11 Å². The molecule has 0 spiro atoms. The van der Waals surface area contributed by atoms with E-state index in [2.05, 4.69) is 252 Å². The van der Waals surface area contributed by atoms with E-state index in [4.69, 9.17) is 9.97 Å². The first kappa shape index (κ1) is 48.0. The molecule has 9 aromatic rings. The molecule has 70 heavy (non-hydrogen) atoms. The van der Waals surface area contributed by atoms with Gasteiger partial charge in [-0.25, -0.2) is 4.98 Å². The third-order valence-electron chi connectivity index (χ3n) is 14.0. The molecule has 4 nitrogen and oxygen atoms in total. The van der Waals surface area contributed by atoms with Crippen molar-refractivity contribution in [2.24, 2.45) is 0 Å². The number of benzene rings is 7. The van der Waals surface area contributed by atoms with Crippen molar-refractivity contribution < 1.29 is 5.11 Å². The number of fused-ring (bicyclic) bond motifs is 1. The van der Waals surface area contributed by atoms with Gasteiger partial charge in [0.2, 0.25) is 0 Å². The van der Waals surface area contributed by atoms with Crippen LogP contribution >= 0.6 is 0 Å². The van der Waals surface area contributed by atoms with E-state index >= 15 is 0 Å². The number of phenolic OH excluding ortho intramolecular Hbond substituents is 1. The van der Waals surface area contributed by atoms with Gasteiger partial charge in [0.05, 0.1) is 28.0 Å². The van der Waals surface area contributed by atoms with E-state index in [1.807, 2.05) is 6.20 Å². The third kappa shape index (κ3) is 9.37. The first-order valence-corrected chi connectivity index (χ1v) is 25.1. The van der Waals surface area contributed by atoms with E-state index in [0.29, 0.717) is 5.82 Å². The maximum Gasteiger partial charge on any atom is 0.149 e. The predicted octanol–water partition coefficient (Wildman–Crippen LogP) is 18.3. The summed E-state index contributed by atoms with van der Waals surface area (Å²) in [5.74, 6) is 1.29. The van der Waals surface area contributed by atoms with Gasteiger partial charge in [0, 0.05) is 22.9 Å². The second kappa shape index (κ2) is 18.4. The highest BCUT2D eigenvalue weighted by Gasteiger charge is 2.29. The number of imidazole rings is 1. The van der Waals surface area contributed by atoms with E-state index in [1.165, 1.54) is 16.7 Å². The summed E-state index contributed by atoms with van der Waals surface area (Å²) >= 11 is 0. The van der Waals surface area contributed by atoms with Crippen molar-refractivity contribution in [1.82, 2.24) is 14.5 Å². The Bertz CT molecular complexity index is 3350. The van der Waals surface area contributed by atoms with Crippen molar-refractivity contribution in [1.29, 1.82) is 0 Å². The van der Waals surface area contributed by atoms with Crippen LogP contribution in [0.1, 0.15) is 130 Å². The van der Waals surface area contributed by atoms with Gasteiger partial charge in [-0.3, -0.25) is 9.55 Å². The quantitative estimate of drug-likeness (QED) is 0.157. The maximum atomic E-state index is 12.6. The Labute approximate surface area is 417 Å². The number of para-hydroxylation sites is 1. The minimum Gasteiger partial charge on any atom is -0.507 e. The van der Waals surface area contributed by atoms with Crippen molar-refractivity contribution in [3.63, 3.8) is 0 Å². The van der Waals surface area contributed by atoms with Crippen molar-refractivity contribution in [2.45, 2.75) is 118 Å². The van der Waals surface area contributed by atoms with Crippen LogP contribution in [0.5, 0.6) is 5.75 Å². The zero-order chi connectivity index (χ0) is 49.9. The summed E-state index contributed by atoms with van der Waals surface area (Å²) in [5, 5.41) is 12.6. The molecular formula is C66H69N3O. The van der Waals surface area contributed by atoms with Crippen LogP contribution in [0.2, 0.25) is 0 Å². The average Bonchev–Trinajstić information content (AvgIpc) is 3.72. The lowest BCUT2D eigenvalue weighted by Crippen LogP contribution is -2.14. The lowest BCUT2D eigenvalue weighted by molar-refractivity contribution is 0.466. The standard InChI is InChI=1S/C66H69N3O/c1-41(2)47-36-53(42(3)4)62(70)56(37-47)63-68-61-52(48-33-49(35-51(34-48)65(8,9)10)58-38-46(31-32-67-58)43-27-29-50(30-28-43)64(5,6)7)25-20-26-59(61)69(63)60-40-54(44-21-16-14-17-22-44)57(66(11,12)13)39-55(60)45-23-18-15-19-24-45/h14-42,70H,1-13H3. The highest BCUT2D eigenvalue weighted by Crippen LogP contribution is 2.47. The van der Waals surface area contributed by atoms with Gasteiger partial charge in [-0.2, -0.15) is 0 Å². The first-order valence-electron chi connectivity index (χ1n) is 25.1. The molecule has 0 fully saturated rings. The molecule has 0 saturated heterocycles. The fourth-order valence-electron chi connectivity index (χ4n) is 9.77. The minimum absolute atomic E-state index is 0.0763. The highest BCUT2D eigenvalue weighted by molar-refractivity contribution is 5.98. The van der Waals surface area contributed by atoms with Crippen LogP contribution in [0.3, 0.4) is 0 Å². The van der Waals surface area contributed by atoms with Crippen LogP contribution in [-0.2, 0) is 16.2 Å². The molecule has 0 radical (unpaired) electrons. The zero-order valence-electron chi connectivity index (χ0n) is 43.5. The number of aromatic nitrogens is 3. The van der Waals surface area contributed by atoms with Crippen molar-refractivity contribution in [3.8, 4) is 78.6 Å². The van der Waals surface area contributed by atoms with E-state index in [0.717, 1.165) is 89.2 Å². The molecule has 0 aliphatic rings. The summed E-state index contributed by atoms with van der Waals surface area (Å²) in [6, 6.07) is 57.3. The van der Waals surface area contributed by atoms with Crippen molar-refractivity contribution in [3.05, 3.63) is 192 Å². The maximum absolute atomic E-state index is 12.6. The monoisotopic (exact) mass is 920 g/mol. The molecule has 0 amide bonds.